The Morgan fingerprint density at radius 2 is 2.06 bits per heavy atom. The van der Waals surface area contributed by atoms with Crippen LogP contribution >= 0.6 is 15.9 Å². The smallest absolute Gasteiger partial charge is 0.341 e. The van der Waals surface area contributed by atoms with Crippen molar-refractivity contribution in [3.63, 3.8) is 0 Å². The molecule has 6 heteroatoms. The zero-order valence-electron chi connectivity index (χ0n) is 8.64. The number of carbonyl (C=O) groups excluding carboxylic acids is 2. The molecular formula is C10H9BrFNO3. The first-order chi connectivity index (χ1) is 7.47. The van der Waals surface area contributed by atoms with E-state index in [1.807, 2.05) is 0 Å². The number of rotatable bonds is 2. The third-order valence-electron chi connectivity index (χ3n) is 1.80. The number of hydrogen-bond acceptors (Lipinski definition) is 3. The third-order valence-corrected chi connectivity index (χ3v) is 2.57. The first-order valence-corrected chi connectivity index (χ1v) is 5.10. The normalized spacial score (nSPS) is 9.75. The van der Waals surface area contributed by atoms with Crippen molar-refractivity contribution in [2.45, 2.75) is 6.92 Å². The van der Waals surface area contributed by atoms with Crippen LogP contribution in [0, 0.1) is 5.82 Å². The molecule has 0 heterocycles. The lowest BCUT2D eigenvalue weighted by Crippen LogP contribution is -2.13. The first kappa shape index (κ1) is 12.6. The zero-order valence-corrected chi connectivity index (χ0v) is 10.2. The highest BCUT2D eigenvalue weighted by Crippen LogP contribution is 2.28. The van der Waals surface area contributed by atoms with E-state index in [9.17, 15) is 14.0 Å². The Bertz CT molecular complexity index is 448. The van der Waals surface area contributed by atoms with Gasteiger partial charge in [-0.05, 0) is 28.1 Å². The predicted molar refractivity (Wildman–Crippen MR) is 59.7 cm³/mol. The summed E-state index contributed by atoms with van der Waals surface area (Å²) in [6.45, 7) is 1.29. The Kier molecular flexibility index (Phi) is 4.00. The Labute approximate surface area is 99.9 Å². The van der Waals surface area contributed by atoms with Gasteiger partial charge in [0.25, 0.3) is 0 Å². The summed E-state index contributed by atoms with van der Waals surface area (Å²) in [5, 5.41) is 2.42. The van der Waals surface area contributed by atoms with Gasteiger partial charge >= 0.3 is 5.97 Å². The van der Waals surface area contributed by atoms with Gasteiger partial charge in [0.1, 0.15) is 11.4 Å². The lowest BCUT2D eigenvalue weighted by molar-refractivity contribution is -0.114. The maximum Gasteiger partial charge on any atom is 0.341 e. The van der Waals surface area contributed by atoms with Crippen molar-refractivity contribution in [2.75, 3.05) is 12.4 Å². The van der Waals surface area contributed by atoms with Crippen molar-refractivity contribution in [3.8, 4) is 0 Å². The van der Waals surface area contributed by atoms with E-state index in [2.05, 4.69) is 26.0 Å². The monoisotopic (exact) mass is 289 g/mol. The quantitative estimate of drug-likeness (QED) is 0.850. The highest BCUT2D eigenvalue weighted by atomic mass is 79.9. The molecule has 0 aliphatic carbocycles. The van der Waals surface area contributed by atoms with Crippen molar-refractivity contribution in [2.24, 2.45) is 0 Å². The van der Waals surface area contributed by atoms with Crippen molar-refractivity contribution < 1.29 is 18.7 Å². The second kappa shape index (κ2) is 5.07. The molecule has 86 valence electrons. The van der Waals surface area contributed by atoms with Crippen LogP contribution in [0.1, 0.15) is 17.3 Å². The molecule has 0 aromatic heterocycles. The van der Waals surface area contributed by atoms with Crippen LogP contribution in [0.3, 0.4) is 0 Å². The predicted octanol–water partition coefficient (Wildman–Crippen LogP) is 2.33. The summed E-state index contributed by atoms with van der Waals surface area (Å²) in [5.41, 5.74) is 0.158. The highest BCUT2D eigenvalue weighted by Gasteiger charge is 2.19. The molecule has 0 radical (unpaired) electrons. The van der Waals surface area contributed by atoms with Crippen LogP contribution in [0.2, 0.25) is 0 Å². The van der Waals surface area contributed by atoms with Crippen LogP contribution in [-0.4, -0.2) is 19.0 Å². The number of hydrogen-bond donors (Lipinski definition) is 1. The van der Waals surface area contributed by atoms with Crippen molar-refractivity contribution >= 4 is 33.5 Å². The maximum atomic E-state index is 13.2. The Morgan fingerprint density at radius 3 is 2.56 bits per heavy atom. The van der Waals surface area contributed by atoms with Crippen LogP contribution < -0.4 is 5.32 Å². The van der Waals surface area contributed by atoms with E-state index in [-0.39, 0.29) is 21.6 Å². The second-order valence-electron chi connectivity index (χ2n) is 2.96. The van der Waals surface area contributed by atoms with Gasteiger partial charge in [0.15, 0.2) is 0 Å². The molecule has 4 nitrogen and oxygen atoms in total. The van der Waals surface area contributed by atoms with Crippen LogP contribution in [-0.2, 0) is 9.53 Å². The molecule has 0 aliphatic heterocycles. The molecule has 0 aliphatic rings. The Morgan fingerprint density at radius 1 is 1.44 bits per heavy atom. The van der Waals surface area contributed by atoms with Crippen molar-refractivity contribution in [3.05, 3.63) is 28.0 Å². The number of methoxy groups -OCH3 is 1. The maximum absolute atomic E-state index is 13.2. The molecule has 1 rings (SSSR count). The second-order valence-corrected chi connectivity index (χ2v) is 3.75. The van der Waals surface area contributed by atoms with Gasteiger partial charge in [-0.3, -0.25) is 4.79 Å². The third kappa shape index (κ3) is 2.57. The molecular weight excluding hydrogens is 281 g/mol. The molecule has 1 amide bonds. The number of halogens is 2. The molecule has 0 atom stereocenters. The van der Waals surface area contributed by atoms with Crippen LogP contribution in [0.5, 0.6) is 0 Å². The lowest BCUT2D eigenvalue weighted by Gasteiger charge is -2.10. The summed E-state index contributed by atoms with van der Waals surface area (Å²) in [6.07, 6.45) is 0. The molecule has 0 saturated carbocycles. The lowest BCUT2D eigenvalue weighted by atomic mass is 10.1. The zero-order chi connectivity index (χ0) is 12.3. The van der Waals surface area contributed by atoms with Crippen LogP contribution in [0.15, 0.2) is 16.6 Å². The van der Waals surface area contributed by atoms with E-state index < -0.39 is 11.8 Å². The average Bonchev–Trinajstić information content (AvgIpc) is 2.22. The Hall–Kier alpha value is -1.43. The summed E-state index contributed by atoms with van der Waals surface area (Å²) >= 11 is 2.94. The summed E-state index contributed by atoms with van der Waals surface area (Å²) in [6, 6.07) is 2.44. The Balaban J connectivity index is 3.32. The van der Waals surface area contributed by atoms with Gasteiger partial charge in [-0.15, -0.1) is 0 Å². The molecule has 1 N–H and O–H groups in total. The average molecular weight is 290 g/mol. The molecule has 1 aromatic rings. The fourth-order valence-corrected chi connectivity index (χ4v) is 1.65. The molecule has 1 aromatic carbocycles. The van der Waals surface area contributed by atoms with Crippen molar-refractivity contribution in [1.82, 2.24) is 0 Å². The molecule has 0 bridgehead atoms. The van der Waals surface area contributed by atoms with Gasteiger partial charge in [-0.2, -0.15) is 0 Å². The minimum atomic E-state index is -0.727. The van der Waals surface area contributed by atoms with E-state index in [1.165, 1.54) is 20.1 Å². The van der Waals surface area contributed by atoms with Crippen molar-refractivity contribution in [1.29, 1.82) is 0 Å². The molecule has 0 spiro atoms. The SMILES string of the molecule is COC(=O)c1c(NC(C)=O)ccc(F)c1Br. The van der Waals surface area contributed by atoms with E-state index in [1.54, 1.807) is 0 Å². The fourth-order valence-electron chi connectivity index (χ4n) is 1.15. The molecule has 16 heavy (non-hydrogen) atoms. The van der Waals surface area contributed by atoms with E-state index in [4.69, 9.17) is 0 Å². The highest BCUT2D eigenvalue weighted by molar-refractivity contribution is 9.10. The van der Waals surface area contributed by atoms with E-state index in [0.717, 1.165) is 6.07 Å². The van der Waals surface area contributed by atoms with E-state index in [0.29, 0.717) is 0 Å². The van der Waals surface area contributed by atoms with Crippen LogP contribution in [0.4, 0.5) is 10.1 Å². The summed E-state index contributed by atoms with van der Waals surface area (Å²) in [7, 11) is 1.18. The number of nitrogens with one attached hydrogen (secondary N) is 1. The van der Waals surface area contributed by atoms with Gasteiger partial charge in [0.05, 0.1) is 17.3 Å². The standard InChI is InChI=1S/C10H9BrFNO3/c1-5(14)13-7-4-3-6(12)9(11)8(7)10(15)16-2/h3-4H,1-2H3,(H,13,14). The van der Waals surface area contributed by atoms with E-state index >= 15 is 0 Å². The summed E-state index contributed by atoms with van der Waals surface area (Å²) in [5.74, 6) is -1.69. The molecule has 0 unspecified atom stereocenters. The van der Waals surface area contributed by atoms with Crippen LogP contribution in [0.25, 0.3) is 0 Å². The number of carbonyl (C=O) groups is 2. The van der Waals surface area contributed by atoms with Gasteiger partial charge in [-0.25, -0.2) is 9.18 Å². The summed E-state index contributed by atoms with van der Waals surface area (Å²) in [4.78, 5) is 22.3. The topological polar surface area (TPSA) is 55.4 Å². The van der Waals surface area contributed by atoms with Gasteiger partial charge in [0.2, 0.25) is 5.91 Å². The van der Waals surface area contributed by atoms with Gasteiger partial charge in [0, 0.05) is 6.92 Å². The number of benzene rings is 1. The number of ether oxygens (including phenoxy) is 1. The van der Waals surface area contributed by atoms with Gasteiger partial charge < -0.3 is 10.1 Å². The largest absolute Gasteiger partial charge is 0.465 e. The number of esters is 1. The van der Waals surface area contributed by atoms with Gasteiger partial charge in [-0.1, -0.05) is 0 Å². The fraction of sp³-hybridized carbons (Fsp3) is 0.200. The summed E-state index contributed by atoms with van der Waals surface area (Å²) < 4.78 is 17.7. The first-order valence-electron chi connectivity index (χ1n) is 4.31. The molecule has 0 saturated heterocycles. The number of anilines is 1. The minimum Gasteiger partial charge on any atom is -0.465 e. The molecule has 0 fully saturated rings. The number of amides is 1. The minimum absolute atomic E-state index is 0.0365.